The minimum Gasteiger partial charge on any atom is -0.350 e. The zero-order valence-corrected chi connectivity index (χ0v) is 10.9. The highest BCUT2D eigenvalue weighted by Gasteiger charge is 2.20. The zero-order valence-electron chi connectivity index (χ0n) is 9.36. The van der Waals surface area contributed by atoms with Crippen LogP contribution in [0.4, 0.5) is 0 Å². The van der Waals surface area contributed by atoms with Crippen LogP contribution in [0.1, 0.15) is 12.0 Å². The number of hydrogen-bond donors (Lipinski definition) is 1. The Morgan fingerprint density at radius 3 is 2.71 bits per heavy atom. The molecule has 0 spiro atoms. The molecule has 1 heterocycles. The molecular weight excluding hydrogens is 261 g/mol. The van der Waals surface area contributed by atoms with Crippen molar-refractivity contribution < 1.29 is 9.47 Å². The van der Waals surface area contributed by atoms with E-state index in [0.717, 1.165) is 5.56 Å². The Labute approximate surface area is 111 Å². The predicted octanol–water partition coefficient (Wildman–Crippen LogP) is 2.63. The summed E-state index contributed by atoms with van der Waals surface area (Å²) in [4.78, 5) is 0. The van der Waals surface area contributed by atoms with Crippen LogP contribution in [-0.2, 0) is 15.9 Å². The van der Waals surface area contributed by atoms with Gasteiger partial charge in [0, 0.05) is 22.5 Å². The van der Waals surface area contributed by atoms with Gasteiger partial charge in [-0.1, -0.05) is 23.2 Å². The van der Waals surface area contributed by atoms with Gasteiger partial charge >= 0.3 is 0 Å². The van der Waals surface area contributed by atoms with Crippen LogP contribution in [0.3, 0.4) is 0 Å². The molecule has 0 radical (unpaired) electrons. The summed E-state index contributed by atoms with van der Waals surface area (Å²) in [6, 6.07) is 5.35. The van der Waals surface area contributed by atoms with E-state index in [9.17, 15) is 0 Å². The number of hydrogen-bond acceptors (Lipinski definition) is 3. The van der Waals surface area contributed by atoms with Crippen molar-refractivity contribution in [3.8, 4) is 0 Å². The molecule has 0 saturated carbocycles. The maximum Gasteiger partial charge on any atom is 0.159 e. The molecule has 1 unspecified atom stereocenters. The lowest BCUT2D eigenvalue weighted by Gasteiger charge is -2.16. The molecule has 17 heavy (non-hydrogen) atoms. The summed E-state index contributed by atoms with van der Waals surface area (Å²) in [6.45, 7) is 1.30. The fraction of sp³-hybridized carbons (Fsp3) is 0.500. The van der Waals surface area contributed by atoms with Gasteiger partial charge in [0.25, 0.3) is 0 Å². The highest BCUT2D eigenvalue weighted by molar-refractivity contribution is 6.33. The second kappa shape index (κ2) is 6.03. The molecule has 0 aliphatic carbocycles. The summed E-state index contributed by atoms with van der Waals surface area (Å²) >= 11 is 12.0. The quantitative estimate of drug-likeness (QED) is 0.919. The molecular formula is C12H15Cl2NO2. The largest absolute Gasteiger partial charge is 0.350 e. The van der Waals surface area contributed by atoms with Gasteiger partial charge in [-0.2, -0.15) is 0 Å². The normalized spacial score (nSPS) is 18.5. The molecule has 0 amide bonds. The van der Waals surface area contributed by atoms with Crippen molar-refractivity contribution >= 4 is 23.2 Å². The molecule has 2 N–H and O–H groups in total. The molecule has 1 aliphatic heterocycles. The maximum atomic E-state index is 6.08. The second-order valence-corrected chi connectivity index (χ2v) is 4.95. The van der Waals surface area contributed by atoms with Crippen molar-refractivity contribution in [2.75, 3.05) is 13.2 Å². The molecule has 2 rings (SSSR count). The van der Waals surface area contributed by atoms with Gasteiger partial charge in [-0.25, -0.2) is 0 Å². The number of rotatable bonds is 4. The Hall–Kier alpha value is -0.320. The summed E-state index contributed by atoms with van der Waals surface area (Å²) in [5.74, 6) is 0. The first kappa shape index (κ1) is 13.1. The fourth-order valence-electron chi connectivity index (χ4n) is 1.86. The molecule has 1 saturated heterocycles. The average Bonchev–Trinajstić information content (AvgIpc) is 2.76. The van der Waals surface area contributed by atoms with Crippen LogP contribution >= 0.6 is 23.2 Å². The first-order valence-electron chi connectivity index (χ1n) is 5.58. The van der Waals surface area contributed by atoms with E-state index in [2.05, 4.69) is 0 Å². The van der Waals surface area contributed by atoms with Crippen LogP contribution in [-0.4, -0.2) is 25.5 Å². The van der Waals surface area contributed by atoms with E-state index in [1.165, 1.54) is 0 Å². The van der Waals surface area contributed by atoms with E-state index in [-0.39, 0.29) is 12.3 Å². The summed E-state index contributed by atoms with van der Waals surface area (Å²) in [6.07, 6.45) is 1.16. The summed E-state index contributed by atoms with van der Waals surface area (Å²) in [7, 11) is 0. The minimum absolute atomic E-state index is 0.0472. The number of ether oxygens (including phenoxy) is 2. The molecule has 1 aromatic rings. The summed E-state index contributed by atoms with van der Waals surface area (Å²) in [5.41, 5.74) is 7.01. The van der Waals surface area contributed by atoms with Crippen LogP contribution in [0, 0.1) is 0 Å². The van der Waals surface area contributed by atoms with E-state index >= 15 is 0 Å². The van der Waals surface area contributed by atoms with Crippen LogP contribution in [0.15, 0.2) is 18.2 Å². The van der Waals surface area contributed by atoms with E-state index < -0.39 is 0 Å². The van der Waals surface area contributed by atoms with Crippen LogP contribution in [0.25, 0.3) is 0 Å². The Bertz CT molecular complexity index is 381. The first-order valence-corrected chi connectivity index (χ1v) is 6.33. The van der Waals surface area contributed by atoms with Gasteiger partial charge in [0.05, 0.1) is 13.2 Å². The van der Waals surface area contributed by atoms with Gasteiger partial charge in [-0.15, -0.1) is 0 Å². The average molecular weight is 276 g/mol. The van der Waals surface area contributed by atoms with Gasteiger partial charge < -0.3 is 15.2 Å². The molecule has 3 nitrogen and oxygen atoms in total. The molecule has 0 aromatic heterocycles. The van der Waals surface area contributed by atoms with Crippen LogP contribution in [0.5, 0.6) is 0 Å². The number of benzene rings is 1. The lowest BCUT2D eigenvalue weighted by molar-refractivity contribution is -0.0504. The van der Waals surface area contributed by atoms with Crippen molar-refractivity contribution in [1.29, 1.82) is 0 Å². The van der Waals surface area contributed by atoms with Crippen LogP contribution < -0.4 is 5.73 Å². The fourth-order valence-corrected chi connectivity index (χ4v) is 2.25. The van der Waals surface area contributed by atoms with Crippen molar-refractivity contribution in [3.63, 3.8) is 0 Å². The van der Waals surface area contributed by atoms with Crippen molar-refractivity contribution in [2.24, 2.45) is 5.73 Å². The van der Waals surface area contributed by atoms with E-state index in [0.29, 0.717) is 36.1 Å². The highest BCUT2D eigenvalue weighted by Crippen LogP contribution is 2.22. The van der Waals surface area contributed by atoms with Crippen molar-refractivity contribution in [1.82, 2.24) is 0 Å². The Kier molecular flexibility index (Phi) is 4.65. The van der Waals surface area contributed by atoms with Crippen molar-refractivity contribution in [2.45, 2.75) is 25.2 Å². The molecule has 1 aliphatic rings. The van der Waals surface area contributed by atoms with E-state index in [4.69, 9.17) is 38.4 Å². The smallest absolute Gasteiger partial charge is 0.159 e. The lowest BCUT2D eigenvalue weighted by Crippen LogP contribution is -2.28. The second-order valence-electron chi connectivity index (χ2n) is 4.11. The Balaban J connectivity index is 1.92. The molecule has 0 bridgehead atoms. The molecule has 1 atom stereocenters. The topological polar surface area (TPSA) is 44.5 Å². The standard InChI is InChI=1S/C12H15Cl2NO2/c13-9-1-2-11(14)8(5-9)6-10(15)7-12-16-3-4-17-12/h1-2,5,10,12H,3-4,6-7,15H2. The van der Waals surface area contributed by atoms with Gasteiger partial charge in [0.1, 0.15) is 0 Å². The minimum atomic E-state index is -0.178. The first-order chi connectivity index (χ1) is 8.15. The Morgan fingerprint density at radius 1 is 1.29 bits per heavy atom. The van der Waals surface area contributed by atoms with E-state index in [1.54, 1.807) is 12.1 Å². The molecule has 1 fully saturated rings. The zero-order chi connectivity index (χ0) is 12.3. The van der Waals surface area contributed by atoms with E-state index in [1.807, 2.05) is 6.07 Å². The monoisotopic (exact) mass is 275 g/mol. The third-order valence-electron chi connectivity index (χ3n) is 2.68. The highest BCUT2D eigenvalue weighted by atomic mass is 35.5. The Morgan fingerprint density at radius 2 is 2.00 bits per heavy atom. The van der Waals surface area contributed by atoms with Gasteiger partial charge in [-0.3, -0.25) is 0 Å². The number of halogens is 2. The molecule has 1 aromatic carbocycles. The van der Waals surface area contributed by atoms with Crippen molar-refractivity contribution in [3.05, 3.63) is 33.8 Å². The summed E-state index contributed by atoms with van der Waals surface area (Å²) in [5, 5.41) is 1.36. The SMILES string of the molecule is NC(Cc1cc(Cl)ccc1Cl)CC1OCCO1. The van der Waals surface area contributed by atoms with Crippen LogP contribution in [0.2, 0.25) is 10.0 Å². The van der Waals surface area contributed by atoms with Gasteiger partial charge in [0.2, 0.25) is 0 Å². The third-order valence-corrected chi connectivity index (χ3v) is 3.28. The molecule has 94 valence electrons. The molecule has 5 heteroatoms. The summed E-state index contributed by atoms with van der Waals surface area (Å²) < 4.78 is 10.7. The van der Waals surface area contributed by atoms with Gasteiger partial charge in [0.15, 0.2) is 6.29 Å². The predicted molar refractivity (Wildman–Crippen MR) is 68.5 cm³/mol. The van der Waals surface area contributed by atoms with Gasteiger partial charge in [-0.05, 0) is 30.2 Å². The third kappa shape index (κ3) is 3.83. The lowest BCUT2D eigenvalue weighted by atomic mass is 10.0. The maximum absolute atomic E-state index is 6.08. The number of nitrogens with two attached hydrogens (primary N) is 1.